The van der Waals surface area contributed by atoms with Crippen LogP contribution in [0.25, 0.3) is 0 Å². The lowest BCUT2D eigenvalue weighted by Gasteiger charge is -2.29. The van der Waals surface area contributed by atoms with Crippen LogP contribution >= 0.6 is 0 Å². The molecule has 0 aromatic heterocycles. The number of ether oxygens (including phenoxy) is 2. The van der Waals surface area contributed by atoms with Crippen LogP contribution in [0.1, 0.15) is 54.2 Å². The van der Waals surface area contributed by atoms with Crippen LogP contribution in [0.15, 0.2) is 24.3 Å². The van der Waals surface area contributed by atoms with E-state index in [0.29, 0.717) is 36.3 Å². The average Bonchev–Trinajstić information content (AvgIpc) is 2.65. The van der Waals surface area contributed by atoms with Gasteiger partial charge in [-0.25, -0.2) is 0 Å². The number of hydrogen-bond acceptors (Lipinski definition) is 5. The summed E-state index contributed by atoms with van der Waals surface area (Å²) in [7, 11) is 3.18. The van der Waals surface area contributed by atoms with E-state index >= 15 is 0 Å². The Bertz CT molecular complexity index is 743. The van der Waals surface area contributed by atoms with Gasteiger partial charge in [0.25, 0.3) is 0 Å². The molecule has 2 aromatic carbocycles. The van der Waals surface area contributed by atoms with E-state index in [1.807, 2.05) is 31.2 Å². The quantitative estimate of drug-likeness (QED) is 0.655. The summed E-state index contributed by atoms with van der Waals surface area (Å²) in [5.41, 5.74) is 4.29. The minimum absolute atomic E-state index is 0.158. The molecule has 0 spiro atoms. The van der Waals surface area contributed by atoms with Crippen molar-refractivity contribution in [3.8, 4) is 11.5 Å². The largest absolute Gasteiger partial charge is 0.507 e. The van der Waals surface area contributed by atoms with Crippen molar-refractivity contribution >= 4 is 0 Å². The summed E-state index contributed by atoms with van der Waals surface area (Å²) in [6, 6.07) is 7.70. The summed E-state index contributed by atoms with van der Waals surface area (Å²) in [4.78, 5) is 0. The lowest BCUT2D eigenvalue weighted by molar-refractivity contribution is 0.174. The Morgan fingerprint density at radius 1 is 0.778 bits per heavy atom. The van der Waals surface area contributed by atoms with Gasteiger partial charge in [-0.1, -0.05) is 26.8 Å². The second kappa shape index (κ2) is 8.74. The molecule has 0 saturated heterocycles. The van der Waals surface area contributed by atoms with Crippen LogP contribution in [0.2, 0.25) is 0 Å². The van der Waals surface area contributed by atoms with Gasteiger partial charge in [0.2, 0.25) is 0 Å². The number of aryl methyl sites for hydroxylation is 1. The molecule has 5 heteroatoms. The van der Waals surface area contributed by atoms with Crippen LogP contribution in [0.5, 0.6) is 11.5 Å². The standard InChI is InChI=1S/C22H30O5/c1-6-14-7-18(8-15(11-23)20(14)24)22(2,3)19-9-16(12-26-4)21(25)17(10-19)13-27-5/h7-10,23-25H,6,11-13H2,1-5H3. The van der Waals surface area contributed by atoms with Crippen molar-refractivity contribution in [1.29, 1.82) is 0 Å². The third-order valence-electron chi connectivity index (χ3n) is 5.13. The summed E-state index contributed by atoms with van der Waals surface area (Å²) in [5.74, 6) is 0.347. The van der Waals surface area contributed by atoms with Crippen LogP contribution in [0, 0.1) is 0 Å². The highest BCUT2D eigenvalue weighted by molar-refractivity contribution is 5.52. The maximum absolute atomic E-state index is 10.5. The van der Waals surface area contributed by atoms with Crippen molar-refractivity contribution in [3.63, 3.8) is 0 Å². The zero-order valence-electron chi connectivity index (χ0n) is 16.8. The van der Waals surface area contributed by atoms with E-state index < -0.39 is 5.41 Å². The minimum atomic E-state index is -0.416. The van der Waals surface area contributed by atoms with Crippen molar-refractivity contribution in [1.82, 2.24) is 0 Å². The maximum atomic E-state index is 10.5. The van der Waals surface area contributed by atoms with Crippen molar-refractivity contribution in [2.75, 3.05) is 14.2 Å². The minimum Gasteiger partial charge on any atom is -0.507 e. The predicted octanol–water partition coefficient (Wildman–Crippen LogP) is 3.77. The van der Waals surface area contributed by atoms with Crippen LogP contribution in [-0.2, 0) is 41.1 Å². The average molecular weight is 374 g/mol. The Kier molecular flexibility index (Phi) is 6.87. The lowest BCUT2D eigenvalue weighted by Crippen LogP contribution is -2.20. The second-order valence-electron chi connectivity index (χ2n) is 7.29. The van der Waals surface area contributed by atoms with Gasteiger partial charge in [-0.05, 0) is 41.3 Å². The second-order valence-corrected chi connectivity index (χ2v) is 7.29. The van der Waals surface area contributed by atoms with Gasteiger partial charge >= 0.3 is 0 Å². The van der Waals surface area contributed by atoms with Crippen LogP contribution < -0.4 is 0 Å². The normalized spacial score (nSPS) is 11.8. The number of benzene rings is 2. The van der Waals surface area contributed by atoms with Gasteiger partial charge in [0.15, 0.2) is 0 Å². The SMILES string of the molecule is CCc1cc(C(C)(C)c2cc(COC)c(O)c(COC)c2)cc(CO)c1O. The third-order valence-corrected chi connectivity index (χ3v) is 5.13. The van der Waals surface area contributed by atoms with Crippen LogP contribution in [0.3, 0.4) is 0 Å². The predicted molar refractivity (Wildman–Crippen MR) is 105 cm³/mol. The highest BCUT2D eigenvalue weighted by atomic mass is 16.5. The molecule has 2 aromatic rings. The fourth-order valence-electron chi connectivity index (χ4n) is 3.33. The van der Waals surface area contributed by atoms with Crippen molar-refractivity contribution in [2.45, 2.75) is 52.4 Å². The van der Waals surface area contributed by atoms with Gasteiger partial charge in [0, 0.05) is 36.3 Å². The van der Waals surface area contributed by atoms with Crippen LogP contribution in [0.4, 0.5) is 0 Å². The van der Waals surface area contributed by atoms with E-state index in [0.717, 1.165) is 16.7 Å². The summed E-state index contributed by atoms with van der Waals surface area (Å²) in [5, 5.41) is 30.4. The van der Waals surface area contributed by atoms with Crippen molar-refractivity contribution in [3.05, 3.63) is 57.6 Å². The number of methoxy groups -OCH3 is 2. The Hall–Kier alpha value is -2.08. The number of phenolic OH excluding ortho intramolecular Hbond substituents is 1. The monoisotopic (exact) mass is 374 g/mol. The molecule has 0 aliphatic heterocycles. The van der Waals surface area contributed by atoms with E-state index in [1.54, 1.807) is 14.2 Å². The highest BCUT2D eigenvalue weighted by Gasteiger charge is 2.27. The zero-order valence-corrected chi connectivity index (χ0v) is 16.8. The fraction of sp³-hybridized carbons (Fsp3) is 0.455. The summed E-state index contributed by atoms with van der Waals surface area (Å²) >= 11 is 0. The topological polar surface area (TPSA) is 79.2 Å². The summed E-state index contributed by atoms with van der Waals surface area (Å²) < 4.78 is 10.5. The van der Waals surface area contributed by atoms with E-state index in [-0.39, 0.29) is 18.1 Å². The van der Waals surface area contributed by atoms with Gasteiger partial charge in [0.05, 0.1) is 19.8 Å². The molecule has 0 aliphatic rings. The van der Waals surface area contributed by atoms with E-state index in [1.165, 1.54) is 0 Å². The number of hydrogen-bond donors (Lipinski definition) is 3. The van der Waals surface area contributed by atoms with Crippen molar-refractivity contribution in [2.24, 2.45) is 0 Å². The molecule has 0 bridgehead atoms. The number of phenols is 2. The molecule has 2 rings (SSSR count). The van der Waals surface area contributed by atoms with Gasteiger partial charge in [0.1, 0.15) is 11.5 Å². The number of rotatable bonds is 8. The first-order valence-electron chi connectivity index (χ1n) is 9.09. The molecule has 0 fully saturated rings. The first kappa shape index (κ1) is 21.2. The Morgan fingerprint density at radius 2 is 1.19 bits per heavy atom. The molecule has 3 N–H and O–H groups in total. The molecular formula is C22H30O5. The molecule has 148 valence electrons. The van der Waals surface area contributed by atoms with E-state index in [2.05, 4.69) is 13.8 Å². The van der Waals surface area contributed by atoms with E-state index in [9.17, 15) is 15.3 Å². The van der Waals surface area contributed by atoms with Crippen molar-refractivity contribution < 1.29 is 24.8 Å². The molecule has 0 amide bonds. The molecule has 0 atom stereocenters. The summed E-state index contributed by atoms with van der Waals surface area (Å²) in [6.45, 7) is 6.51. The molecule has 0 radical (unpaired) electrons. The number of aromatic hydroxyl groups is 2. The Balaban J connectivity index is 2.65. The third kappa shape index (κ3) is 4.26. The Labute approximate surface area is 161 Å². The van der Waals surface area contributed by atoms with Gasteiger partial charge in [-0.2, -0.15) is 0 Å². The first-order valence-corrected chi connectivity index (χ1v) is 9.09. The molecule has 27 heavy (non-hydrogen) atoms. The Morgan fingerprint density at radius 3 is 1.59 bits per heavy atom. The number of aliphatic hydroxyl groups excluding tert-OH is 1. The molecular weight excluding hydrogens is 344 g/mol. The summed E-state index contributed by atoms with van der Waals surface area (Å²) in [6.07, 6.45) is 0.669. The molecule has 5 nitrogen and oxygen atoms in total. The van der Waals surface area contributed by atoms with Gasteiger partial charge < -0.3 is 24.8 Å². The number of aliphatic hydroxyl groups is 1. The molecule has 0 saturated carbocycles. The lowest BCUT2D eigenvalue weighted by atomic mass is 9.75. The molecule has 0 unspecified atom stereocenters. The molecule has 0 aliphatic carbocycles. The van der Waals surface area contributed by atoms with Gasteiger partial charge in [-0.15, -0.1) is 0 Å². The molecule has 0 heterocycles. The van der Waals surface area contributed by atoms with Crippen LogP contribution in [-0.4, -0.2) is 29.5 Å². The van der Waals surface area contributed by atoms with E-state index in [4.69, 9.17) is 9.47 Å². The van der Waals surface area contributed by atoms with Gasteiger partial charge in [-0.3, -0.25) is 0 Å². The maximum Gasteiger partial charge on any atom is 0.126 e. The highest BCUT2D eigenvalue weighted by Crippen LogP contribution is 2.39. The zero-order chi connectivity index (χ0) is 20.2. The fourth-order valence-corrected chi connectivity index (χ4v) is 3.33. The smallest absolute Gasteiger partial charge is 0.126 e. The first-order chi connectivity index (χ1) is 12.8.